The third-order valence-electron chi connectivity index (χ3n) is 6.57. The number of rotatable bonds is 17. The van der Waals surface area contributed by atoms with Crippen molar-refractivity contribution in [3.63, 3.8) is 0 Å². The second kappa shape index (κ2) is 15.6. The van der Waals surface area contributed by atoms with Gasteiger partial charge in [-0.2, -0.15) is 11.8 Å². The largest absolute Gasteiger partial charge is 0.481 e. The van der Waals surface area contributed by atoms with E-state index in [9.17, 15) is 34.2 Å². The zero-order valence-electron chi connectivity index (χ0n) is 23.0. The number of thioether (sulfide) groups is 1. The molecular formula is C27H35N7O7S. The Hall–Kier alpha value is -4.37. The van der Waals surface area contributed by atoms with E-state index in [2.05, 4.69) is 30.9 Å². The molecule has 0 aliphatic heterocycles. The van der Waals surface area contributed by atoms with Gasteiger partial charge in [0.05, 0.1) is 12.4 Å². The number of carboxylic acid groups (broad SMARTS) is 2. The molecule has 0 fully saturated rings. The first-order chi connectivity index (χ1) is 20.1. The number of H-pyrrole nitrogens is 2. The molecule has 0 saturated carbocycles. The van der Waals surface area contributed by atoms with Gasteiger partial charge in [-0.15, -0.1) is 0 Å². The van der Waals surface area contributed by atoms with Gasteiger partial charge in [-0.3, -0.25) is 19.2 Å². The Labute approximate surface area is 245 Å². The first-order valence-corrected chi connectivity index (χ1v) is 14.6. The number of benzene rings is 1. The fourth-order valence-corrected chi connectivity index (χ4v) is 4.78. The molecular weight excluding hydrogens is 566 g/mol. The molecule has 3 aromatic rings. The van der Waals surface area contributed by atoms with Crippen LogP contribution < -0.4 is 21.7 Å². The standard InChI is InChI=1S/C27H35N7O7S/c1-42-9-8-21(26(39)34-22(27(40)41)11-16-13-29-14-31-16)33-25(38)20(6-7-23(35)36)32-24(37)18(28)10-15-12-30-19-5-3-2-4-17(15)19/h2-5,12-14,18,20-22,30H,6-11,28H2,1H3,(H,29,31)(H,32,37)(H,33,38)(H,34,39)(H,35,36)(H,40,41). The summed E-state index contributed by atoms with van der Waals surface area (Å²) < 4.78 is 0. The molecule has 226 valence electrons. The van der Waals surface area contributed by atoms with E-state index in [0.717, 1.165) is 16.5 Å². The van der Waals surface area contributed by atoms with Crippen LogP contribution >= 0.6 is 11.8 Å². The van der Waals surface area contributed by atoms with Crippen LogP contribution in [0.25, 0.3) is 10.9 Å². The molecule has 0 bridgehead atoms. The van der Waals surface area contributed by atoms with Crippen molar-refractivity contribution in [3.05, 3.63) is 54.2 Å². The molecule has 0 radical (unpaired) electrons. The number of carboxylic acids is 2. The predicted molar refractivity (Wildman–Crippen MR) is 156 cm³/mol. The van der Waals surface area contributed by atoms with Gasteiger partial charge in [-0.1, -0.05) is 18.2 Å². The van der Waals surface area contributed by atoms with Gasteiger partial charge in [0, 0.05) is 41.8 Å². The number of hydrogen-bond acceptors (Lipinski definition) is 8. The van der Waals surface area contributed by atoms with Crippen molar-refractivity contribution in [2.75, 3.05) is 12.0 Å². The van der Waals surface area contributed by atoms with Crippen molar-refractivity contribution in [1.82, 2.24) is 30.9 Å². The van der Waals surface area contributed by atoms with Crippen LogP contribution in [0, 0.1) is 0 Å². The van der Waals surface area contributed by atoms with Crippen LogP contribution in [0.2, 0.25) is 0 Å². The van der Waals surface area contributed by atoms with Crippen molar-refractivity contribution in [1.29, 1.82) is 0 Å². The SMILES string of the molecule is CSCCC(NC(=O)C(CCC(=O)O)NC(=O)C(N)Cc1c[nH]c2ccccc12)C(=O)NC(Cc1cnc[nH]1)C(=O)O. The molecule has 9 N–H and O–H groups in total. The van der Waals surface area contributed by atoms with Gasteiger partial charge in [0.15, 0.2) is 0 Å². The van der Waals surface area contributed by atoms with Crippen molar-refractivity contribution in [2.45, 2.75) is 56.3 Å². The lowest BCUT2D eigenvalue weighted by molar-refractivity contribution is -0.142. The van der Waals surface area contributed by atoms with Crippen LogP contribution in [0.1, 0.15) is 30.5 Å². The van der Waals surface area contributed by atoms with Gasteiger partial charge in [0.25, 0.3) is 0 Å². The summed E-state index contributed by atoms with van der Waals surface area (Å²) in [7, 11) is 0. The van der Waals surface area contributed by atoms with E-state index in [1.54, 1.807) is 12.5 Å². The van der Waals surface area contributed by atoms with Gasteiger partial charge in [0.2, 0.25) is 17.7 Å². The minimum atomic E-state index is -1.30. The smallest absolute Gasteiger partial charge is 0.326 e. The third-order valence-corrected chi connectivity index (χ3v) is 7.21. The maximum absolute atomic E-state index is 13.3. The third kappa shape index (κ3) is 9.34. The Bertz CT molecular complexity index is 1380. The van der Waals surface area contributed by atoms with Crippen LogP contribution in [0.4, 0.5) is 0 Å². The molecule has 2 heterocycles. The fourth-order valence-electron chi connectivity index (χ4n) is 4.31. The quantitative estimate of drug-likeness (QED) is 0.104. The van der Waals surface area contributed by atoms with Gasteiger partial charge < -0.3 is 41.9 Å². The van der Waals surface area contributed by atoms with Crippen LogP contribution in [-0.2, 0) is 36.8 Å². The summed E-state index contributed by atoms with van der Waals surface area (Å²) in [4.78, 5) is 72.2. The number of carbonyl (C=O) groups excluding carboxylic acids is 3. The number of amides is 3. The van der Waals surface area contributed by atoms with Gasteiger partial charge in [-0.05, 0) is 42.9 Å². The van der Waals surface area contributed by atoms with Crippen LogP contribution in [0.5, 0.6) is 0 Å². The second-order valence-electron chi connectivity index (χ2n) is 9.69. The lowest BCUT2D eigenvalue weighted by Gasteiger charge is -2.25. The highest BCUT2D eigenvalue weighted by Crippen LogP contribution is 2.19. The lowest BCUT2D eigenvalue weighted by Crippen LogP contribution is -2.57. The molecule has 0 aliphatic carbocycles. The summed E-state index contributed by atoms with van der Waals surface area (Å²) >= 11 is 1.42. The molecule has 14 nitrogen and oxygen atoms in total. The number of aromatic nitrogens is 3. The maximum atomic E-state index is 13.3. The molecule has 0 saturated heterocycles. The Morgan fingerprint density at radius 3 is 2.24 bits per heavy atom. The number of nitrogens with two attached hydrogens (primary N) is 1. The average molecular weight is 602 g/mol. The lowest BCUT2D eigenvalue weighted by atomic mass is 10.0. The van der Waals surface area contributed by atoms with Crippen molar-refractivity contribution >= 4 is 52.3 Å². The number of imidazole rings is 1. The maximum Gasteiger partial charge on any atom is 0.326 e. The number of hydrogen-bond donors (Lipinski definition) is 8. The molecule has 2 aromatic heterocycles. The van der Waals surface area contributed by atoms with Crippen molar-refractivity contribution < 1.29 is 34.2 Å². The normalized spacial score (nSPS) is 14.0. The number of nitrogens with zero attached hydrogens (tertiary/aromatic N) is 1. The Morgan fingerprint density at radius 1 is 0.929 bits per heavy atom. The fraction of sp³-hybridized carbons (Fsp3) is 0.407. The molecule has 4 atom stereocenters. The molecule has 1 aromatic carbocycles. The van der Waals surface area contributed by atoms with E-state index < -0.39 is 60.2 Å². The van der Waals surface area contributed by atoms with Crippen LogP contribution in [-0.4, -0.2) is 91.0 Å². The first kappa shape index (κ1) is 32.1. The van der Waals surface area contributed by atoms with E-state index in [-0.39, 0.29) is 25.7 Å². The summed E-state index contributed by atoms with van der Waals surface area (Å²) in [6.07, 6.45) is 5.96. The highest BCUT2D eigenvalue weighted by atomic mass is 32.2. The van der Waals surface area contributed by atoms with E-state index in [0.29, 0.717) is 11.4 Å². The van der Waals surface area contributed by atoms with E-state index in [1.165, 1.54) is 24.3 Å². The van der Waals surface area contributed by atoms with E-state index in [1.807, 2.05) is 24.3 Å². The molecule has 3 rings (SSSR count). The average Bonchev–Trinajstić information content (AvgIpc) is 3.62. The highest BCUT2D eigenvalue weighted by molar-refractivity contribution is 7.98. The highest BCUT2D eigenvalue weighted by Gasteiger charge is 2.31. The number of aromatic amines is 2. The Kier molecular flexibility index (Phi) is 11.9. The van der Waals surface area contributed by atoms with Crippen LogP contribution in [0.15, 0.2) is 43.0 Å². The first-order valence-electron chi connectivity index (χ1n) is 13.2. The van der Waals surface area contributed by atoms with E-state index in [4.69, 9.17) is 5.73 Å². The summed E-state index contributed by atoms with van der Waals surface area (Å²) in [6, 6.07) is 2.72. The zero-order valence-corrected chi connectivity index (χ0v) is 23.8. The summed E-state index contributed by atoms with van der Waals surface area (Å²) in [6.45, 7) is 0. The summed E-state index contributed by atoms with van der Waals surface area (Å²) in [5, 5.41) is 27.2. The van der Waals surface area contributed by atoms with Gasteiger partial charge in [0.1, 0.15) is 18.1 Å². The molecule has 4 unspecified atom stereocenters. The minimum absolute atomic E-state index is 0.0596. The molecule has 15 heteroatoms. The summed E-state index contributed by atoms with van der Waals surface area (Å²) in [5.41, 5.74) is 8.33. The van der Waals surface area contributed by atoms with Gasteiger partial charge in [-0.25, -0.2) is 9.78 Å². The number of carbonyl (C=O) groups is 5. The van der Waals surface area contributed by atoms with Crippen LogP contribution in [0.3, 0.4) is 0 Å². The van der Waals surface area contributed by atoms with E-state index >= 15 is 0 Å². The van der Waals surface area contributed by atoms with Crippen molar-refractivity contribution in [3.8, 4) is 0 Å². The molecule has 42 heavy (non-hydrogen) atoms. The number of aliphatic carboxylic acids is 2. The summed E-state index contributed by atoms with van der Waals surface area (Å²) in [5.74, 6) is -4.18. The number of nitrogens with one attached hydrogen (secondary N) is 5. The monoisotopic (exact) mass is 601 g/mol. The zero-order chi connectivity index (χ0) is 30.6. The van der Waals surface area contributed by atoms with Crippen molar-refractivity contribution in [2.24, 2.45) is 5.73 Å². The minimum Gasteiger partial charge on any atom is -0.481 e. The van der Waals surface area contributed by atoms with Gasteiger partial charge >= 0.3 is 11.9 Å². The predicted octanol–water partition coefficient (Wildman–Crippen LogP) is 0.160. The number of para-hydroxylation sites is 1. The molecule has 3 amide bonds. The Morgan fingerprint density at radius 2 is 1.60 bits per heavy atom. The molecule has 0 aliphatic rings. The second-order valence-corrected chi connectivity index (χ2v) is 10.7. The Balaban J connectivity index is 1.69. The topological polar surface area (TPSA) is 232 Å². The number of fused-ring (bicyclic) bond motifs is 1. The molecule has 0 spiro atoms.